The topological polar surface area (TPSA) is 65.9 Å². The molecule has 1 heterocycles. The van der Waals surface area contributed by atoms with Crippen molar-refractivity contribution in [2.75, 3.05) is 13.2 Å². The van der Waals surface area contributed by atoms with Gasteiger partial charge in [-0.05, 0) is 57.5 Å². The van der Waals surface area contributed by atoms with E-state index in [9.17, 15) is 5.11 Å². The van der Waals surface area contributed by atoms with Crippen LogP contribution in [0.1, 0.15) is 36.1 Å². The Balaban J connectivity index is 2.00. The molecule has 2 rings (SSSR count). The van der Waals surface area contributed by atoms with Crippen LogP contribution < -0.4 is 15.4 Å². The lowest BCUT2D eigenvalue weighted by atomic mass is 10.2. The third-order valence-electron chi connectivity index (χ3n) is 3.77. The molecule has 0 radical (unpaired) electrons. The van der Waals surface area contributed by atoms with Crippen LogP contribution in [0.25, 0.3) is 0 Å². The molecule has 1 aromatic carbocycles. The second-order valence-electron chi connectivity index (χ2n) is 6.19. The average Bonchev–Trinajstić information content (AvgIpc) is 3.00. The molecule has 0 saturated heterocycles. The van der Waals surface area contributed by atoms with E-state index < -0.39 is 0 Å². The van der Waals surface area contributed by atoms with Crippen molar-refractivity contribution in [2.45, 2.75) is 46.7 Å². The Hall–Kier alpha value is -2.21. The molecule has 1 unspecified atom stereocenters. The fraction of sp³-hybridized carbons (Fsp3) is 0.450. The SMILES string of the molecule is CCNC(=NCc1ccc(O)c(OCC)c1)NC(C)Cc1ccc(C)s1. The lowest BCUT2D eigenvalue weighted by Crippen LogP contribution is -2.43. The maximum Gasteiger partial charge on any atom is 0.191 e. The summed E-state index contributed by atoms with van der Waals surface area (Å²) in [6, 6.07) is 9.98. The Morgan fingerprint density at radius 2 is 2.08 bits per heavy atom. The Morgan fingerprint density at radius 3 is 2.73 bits per heavy atom. The molecular weight excluding hydrogens is 346 g/mol. The molecule has 6 heteroatoms. The molecule has 0 bridgehead atoms. The van der Waals surface area contributed by atoms with Gasteiger partial charge in [-0.25, -0.2) is 4.99 Å². The number of nitrogens with zero attached hydrogens (tertiary/aromatic N) is 1. The molecule has 1 aromatic heterocycles. The predicted molar refractivity (Wildman–Crippen MR) is 109 cm³/mol. The zero-order valence-corrected chi connectivity index (χ0v) is 16.8. The van der Waals surface area contributed by atoms with Crippen molar-refractivity contribution < 1.29 is 9.84 Å². The number of guanidine groups is 1. The van der Waals surface area contributed by atoms with E-state index in [4.69, 9.17) is 4.74 Å². The lowest BCUT2D eigenvalue weighted by Gasteiger charge is -2.17. The fourth-order valence-electron chi connectivity index (χ4n) is 2.60. The number of thiophene rings is 1. The van der Waals surface area contributed by atoms with Crippen LogP contribution in [0.5, 0.6) is 11.5 Å². The second kappa shape index (κ2) is 10.1. The summed E-state index contributed by atoms with van der Waals surface area (Å²) in [4.78, 5) is 7.37. The monoisotopic (exact) mass is 375 g/mol. The van der Waals surface area contributed by atoms with Crippen LogP contribution in [-0.4, -0.2) is 30.3 Å². The number of hydrogen-bond donors (Lipinski definition) is 3. The molecule has 26 heavy (non-hydrogen) atoms. The molecular formula is C20H29N3O2S. The number of hydrogen-bond acceptors (Lipinski definition) is 4. The van der Waals surface area contributed by atoms with Gasteiger partial charge in [-0.3, -0.25) is 0 Å². The third kappa shape index (κ3) is 6.26. The van der Waals surface area contributed by atoms with Crippen molar-refractivity contribution in [3.63, 3.8) is 0 Å². The first-order valence-corrected chi connectivity index (χ1v) is 9.88. The average molecular weight is 376 g/mol. The van der Waals surface area contributed by atoms with E-state index in [2.05, 4.69) is 48.5 Å². The summed E-state index contributed by atoms with van der Waals surface area (Å²) in [5, 5.41) is 16.6. The predicted octanol–water partition coefficient (Wildman–Crippen LogP) is 3.85. The molecule has 0 amide bonds. The van der Waals surface area contributed by atoms with Crippen molar-refractivity contribution in [1.82, 2.24) is 10.6 Å². The van der Waals surface area contributed by atoms with Gasteiger partial charge < -0.3 is 20.5 Å². The summed E-state index contributed by atoms with van der Waals surface area (Å²) in [6.45, 7) is 10.1. The van der Waals surface area contributed by atoms with Gasteiger partial charge in [0.1, 0.15) is 0 Å². The number of benzene rings is 1. The standard InChI is InChI=1S/C20H29N3O2S/c1-5-21-20(23-14(3)11-17-9-7-15(4)26-17)22-13-16-8-10-18(24)19(12-16)25-6-2/h7-10,12,14,24H,5-6,11,13H2,1-4H3,(H2,21,22,23). The van der Waals surface area contributed by atoms with Gasteiger partial charge in [0, 0.05) is 28.8 Å². The first-order valence-electron chi connectivity index (χ1n) is 9.06. The van der Waals surface area contributed by atoms with Gasteiger partial charge in [-0.15, -0.1) is 11.3 Å². The number of ether oxygens (including phenoxy) is 1. The van der Waals surface area contributed by atoms with Crippen molar-refractivity contribution in [1.29, 1.82) is 0 Å². The largest absolute Gasteiger partial charge is 0.504 e. The number of phenols is 1. The molecule has 3 N–H and O–H groups in total. The maximum absolute atomic E-state index is 9.80. The van der Waals surface area contributed by atoms with Gasteiger partial charge in [0.05, 0.1) is 13.2 Å². The molecule has 0 aliphatic rings. The van der Waals surface area contributed by atoms with E-state index in [1.165, 1.54) is 9.75 Å². The first kappa shape index (κ1) is 20.1. The molecule has 2 aromatic rings. The quantitative estimate of drug-likeness (QED) is 0.484. The Morgan fingerprint density at radius 1 is 1.27 bits per heavy atom. The summed E-state index contributed by atoms with van der Waals surface area (Å²) in [5.41, 5.74) is 0.991. The van der Waals surface area contributed by atoms with Crippen molar-refractivity contribution in [2.24, 2.45) is 4.99 Å². The molecule has 0 spiro atoms. The summed E-state index contributed by atoms with van der Waals surface area (Å²) in [6.07, 6.45) is 0.969. The molecule has 0 aliphatic carbocycles. The van der Waals surface area contributed by atoms with E-state index in [1.54, 1.807) is 6.07 Å². The van der Waals surface area contributed by atoms with Gasteiger partial charge in [0.15, 0.2) is 17.5 Å². The van der Waals surface area contributed by atoms with Crippen LogP contribution in [0.15, 0.2) is 35.3 Å². The Bertz CT molecular complexity index is 728. The molecule has 0 fully saturated rings. The summed E-state index contributed by atoms with van der Waals surface area (Å²) in [5.74, 6) is 1.45. The normalized spacial score (nSPS) is 12.7. The molecule has 1 atom stereocenters. The van der Waals surface area contributed by atoms with Gasteiger partial charge in [0.25, 0.3) is 0 Å². The minimum Gasteiger partial charge on any atom is -0.504 e. The molecule has 5 nitrogen and oxygen atoms in total. The number of rotatable bonds is 8. The highest BCUT2D eigenvalue weighted by Crippen LogP contribution is 2.27. The Labute approximate surface area is 160 Å². The zero-order valence-electron chi connectivity index (χ0n) is 16.0. The van der Waals surface area contributed by atoms with Crippen LogP contribution in [0.3, 0.4) is 0 Å². The maximum atomic E-state index is 9.80. The van der Waals surface area contributed by atoms with Gasteiger partial charge in [-0.2, -0.15) is 0 Å². The van der Waals surface area contributed by atoms with E-state index in [1.807, 2.05) is 30.4 Å². The van der Waals surface area contributed by atoms with Crippen LogP contribution in [0.4, 0.5) is 0 Å². The number of nitrogens with one attached hydrogen (secondary N) is 2. The third-order valence-corrected chi connectivity index (χ3v) is 4.80. The minimum absolute atomic E-state index is 0.157. The van der Waals surface area contributed by atoms with Crippen molar-refractivity contribution >= 4 is 17.3 Å². The first-order chi connectivity index (χ1) is 12.5. The van der Waals surface area contributed by atoms with E-state index in [-0.39, 0.29) is 11.8 Å². The summed E-state index contributed by atoms with van der Waals surface area (Å²) < 4.78 is 5.44. The highest BCUT2D eigenvalue weighted by molar-refractivity contribution is 7.11. The number of phenolic OH excluding ortho intramolecular Hbond substituents is 1. The minimum atomic E-state index is 0.157. The number of aromatic hydroxyl groups is 1. The van der Waals surface area contributed by atoms with Crippen molar-refractivity contribution in [3.8, 4) is 11.5 Å². The number of aryl methyl sites for hydroxylation is 1. The zero-order chi connectivity index (χ0) is 18.9. The van der Waals surface area contributed by atoms with Gasteiger partial charge >= 0.3 is 0 Å². The van der Waals surface area contributed by atoms with E-state index in [0.717, 1.165) is 24.5 Å². The van der Waals surface area contributed by atoms with Gasteiger partial charge in [-0.1, -0.05) is 6.07 Å². The van der Waals surface area contributed by atoms with Crippen LogP contribution in [-0.2, 0) is 13.0 Å². The van der Waals surface area contributed by atoms with E-state index in [0.29, 0.717) is 18.9 Å². The van der Waals surface area contributed by atoms with Gasteiger partial charge in [0.2, 0.25) is 0 Å². The number of aliphatic imine (C=N–C) groups is 1. The second-order valence-corrected chi connectivity index (χ2v) is 7.56. The van der Waals surface area contributed by atoms with Crippen LogP contribution in [0.2, 0.25) is 0 Å². The summed E-state index contributed by atoms with van der Waals surface area (Å²) >= 11 is 1.84. The van der Waals surface area contributed by atoms with E-state index >= 15 is 0 Å². The Kier molecular flexibility index (Phi) is 7.78. The van der Waals surface area contributed by atoms with Crippen LogP contribution >= 0.6 is 11.3 Å². The molecule has 142 valence electrons. The highest BCUT2D eigenvalue weighted by atomic mass is 32.1. The molecule has 0 saturated carbocycles. The summed E-state index contributed by atoms with van der Waals surface area (Å²) in [7, 11) is 0. The fourth-order valence-corrected chi connectivity index (χ4v) is 3.62. The van der Waals surface area contributed by atoms with Crippen LogP contribution in [0, 0.1) is 6.92 Å². The highest BCUT2D eigenvalue weighted by Gasteiger charge is 2.08. The van der Waals surface area contributed by atoms with Crippen molar-refractivity contribution in [3.05, 3.63) is 45.6 Å². The molecule has 0 aliphatic heterocycles. The smallest absolute Gasteiger partial charge is 0.191 e. The lowest BCUT2D eigenvalue weighted by molar-refractivity contribution is 0.318.